The Morgan fingerprint density at radius 2 is 1.95 bits per heavy atom. The molecule has 0 saturated heterocycles. The molecule has 0 amide bonds. The van der Waals surface area contributed by atoms with Crippen molar-refractivity contribution < 1.29 is 18.3 Å². The molecule has 0 heterocycles. The van der Waals surface area contributed by atoms with Gasteiger partial charge in [-0.25, -0.2) is 17.9 Å². The summed E-state index contributed by atoms with van der Waals surface area (Å²) in [6.45, 7) is 4.38. The Kier molecular flexibility index (Phi) is 5.50. The smallest absolute Gasteiger partial charge is 0.335 e. The fraction of sp³-hybridized carbons (Fsp3) is 0.462. The van der Waals surface area contributed by atoms with Gasteiger partial charge in [0.2, 0.25) is 10.0 Å². The predicted octanol–water partition coefficient (Wildman–Crippen LogP) is 2.10. The topological polar surface area (TPSA) is 83.5 Å². The van der Waals surface area contributed by atoms with Crippen molar-refractivity contribution in [3.05, 3.63) is 29.8 Å². The highest BCUT2D eigenvalue weighted by molar-refractivity contribution is 7.89. The van der Waals surface area contributed by atoms with Crippen molar-refractivity contribution in [2.24, 2.45) is 5.92 Å². The first-order valence-corrected chi connectivity index (χ1v) is 7.72. The van der Waals surface area contributed by atoms with Gasteiger partial charge in [0.15, 0.2) is 0 Å². The molecule has 6 heteroatoms. The van der Waals surface area contributed by atoms with Crippen LogP contribution in [0.15, 0.2) is 29.2 Å². The number of sulfonamides is 1. The first-order chi connectivity index (χ1) is 8.90. The lowest BCUT2D eigenvalue weighted by atomic mass is 10.0. The quantitative estimate of drug-likeness (QED) is 0.803. The van der Waals surface area contributed by atoms with E-state index in [0.717, 1.165) is 18.9 Å². The van der Waals surface area contributed by atoms with Gasteiger partial charge in [0.05, 0.1) is 10.5 Å². The molecule has 1 aromatic carbocycles. The summed E-state index contributed by atoms with van der Waals surface area (Å²) in [5.41, 5.74) is -0.0367. The van der Waals surface area contributed by atoms with E-state index in [2.05, 4.69) is 4.72 Å². The van der Waals surface area contributed by atoms with Crippen molar-refractivity contribution in [3.63, 3.8) is 0 Å². The molecule has 0 aromatic heterocycles. The van der Waals surface area contributed by atoms with Crippen LogP contribution < -0.4 is 4.72 Å². The number of carboxylic acid groups (broad SMARTS) is 1. The molecular formula is C13H19NO4S. The molecule has 0 unspecified atom stereocenters. The summed E-state index contributed by atoms with van der Waals surface area (Å²) < 4.78 is 26.6. The van der Waals surface area contributed by atoms with E-state index in [0.29, 0.717) is 6.54 Å². The maximum absolute atomic E-state index is 12.0. The highest BCUT2D eigenvalue weighted by Gasteiger charge is 2.17. The number of carboxylic acids is 1. The van der Waals surface area contributed by atoms with Crippen molar-refractivity contribution in [1.82, 2.24) is 4.72 Å². The summed E-state index contributed by atoms with van der Waals surface area (Å²) in [4.78, 5) is 10.8. The summed E-state index contributed by atoms with van der Waals surface area (Å²) in [6.07, 6.45) is 1.79. The third-order valence-electron chi connectivity index (χ3n) is 3.11. The lowest BCUT2D eigenvalue weighted by Crippen LogP contribution is -2.29. The number of nitrogens with one attached hydrogen (secondary N) is 1. The van der Waals surface area contributed by atoms with E-state index >= 15 is 0 Å². The molecule has 0 aliphatic heterocycles. The van der Waals surface area contributed by atoms with Gasteiger partial charge in [0, 0.05) is 6.54 Å². The monoisotopic (exact) mass is 285 g/mol. The Morgan fingerprint density at radius 1 is 1.32 bits per heavy atom. The average molecular weight is 285 g/mol. The van der Waals surface area contributed by atoms with E-state index < -0.39 is 16.0 Å². The summed E-state index contributed by atoms with van der Waals surface area (Å²) in [5, 5.41) is 8.85. The SMILES string of the molecule is CCC(CC)CNS(=O)(=O)c1cccc(C(=O)O)c1. The van der Waals surface area contributed by atoms with Gasteiger partial charge in [-0.1, -0.05) is 32.8 Å². The first-order valence-electron chi connectivity index (χ1n) is 6.23. The van der Waals surface area contributed by atoms with Gasteiger partial charge in [-0.3, -0.25) is 0 Å². The van der Waals surface area contributed by atoms with E-state index in [1.807, 2.05) is 13.8 Å². The predicted molar refractivity (Wildman–Crippen MR) is 72.7 cm³/mol. The van der Waals surface area contributed by atoms with E-state index in [1.165, 1.54) is 18.2 Å². The van der Waals surface area contributed by atoms with Crippen molar-refractivity contribution in [2.75, 3.05) is 6.54 Å². The molecule has 1 rings (SSSR count). The Hall–Kier alpha value is -1.40. The lowest BCUT2D eigenvalue weighted by Gasteiger charge is -2.13. The highest BCUT2D eigenvalue weighted by atomic mass is 32.2. The summed E-state index contributed by atoms with van der Waals surface area (Å²) >= 11 is 0. The highest BCUT2D eigenvalue weighted by Crippen LogP contribution is 2.13. The molecule has 0 atom stereocenters. The third kappa shape index (κ3) is 4.33. The maximum atomic E-state index is 12.0. The lowest BCUT2D eigenvalue weighted by molar-refractivity contribution is 0.0696. The molecule has 5 nitrogen and oxygen atoms in total. The van der Waals surface area contributed by atoms with Crippen LogP contribution in [0.2, 0.25) is 0 Å². The number of hydrogen-bond donors (Lipinski definition) is 2. The molecule has 0 saturated carbocycles. The van der Waals surface area contributed by atoms with Crippen LogP contribution in [-0.4, -0.2) is 26.0 Å². The number of benzene rings is 1. The Balaban J connectivity index is 2.88. The molecule has 0 aliphatic carbocycles. The molecule has 0 radical (unpaired) electrons. The Labute approximate surface area is 113 Å². The van der Waals surface area contributed by atoms with E-state index in [9.17, 15) is 13.2 Å². The van der Waals surface area contributed by atoms with Crippen LogP contribution in [0.25, 0.3) is 0 Å². The third-order valence-corrected chi connectivity index (χ3v) is 4.53. The molecule has 19 heavy (non-hydrogen) atoms. The fourth-order valence-corrected chi connectivity index (χ4v) is 2.85. The molecule has 0 bridgehead atoms. The minimum atomic E-state index is -3.64. The first kappa shape index (κ1) is 15.7. The van der Waals surface area contributed by atoms with Crippen LogP contribution in [0, 0.1) is 5.92 Å². The average Bonchev–Trinajstić information content (AvgIpc) is 2.40. The number of rotatable bonds is 7. The number of carbonyl (C=O) groups is 1. The second-order valence-electron chi connectivity index (χ2n) is 4.37. The minimum Gasteiger partial charge on any atom is -0.478 e. The van der Waals surface area contributed by atoms with Gasteiger partial charge >= 0.3 is 5.97 Å². The van der Waals surface area contributed by atoms with Crippen LogP contribution in [0.5, 0.6) is 0 Å². The van der Waals surface area contributed by atoms with E-state index in [-0.39, 0.29) is 16.4 Å². The van der Waals surface area contributed by atoms with Crippen LogP contribution in [0.4, 0.5) is 0 Å². The minimum absolute atomic E-state index is 0.0154. The largest absolute Gasteiger partial charge is 0.478 e. The van der Waals surface area contributed by atoms with Crippen LogP contribution in [0.1, 0.15) is 37.0 Å². The van der Waals surface area contributed by atoms with Crippen LogP contribution in [-0.2, 0) is 10.0 Å². The van der Waals surface area contributed by atoms with Gasteiger partial charge in [0.25, 0.3) is 0 Å². The van der Waals surface area contributed by atoms with Crippen molar-refractivity contribution in [1.29, 1.82) is 0 Å². The molecule has 0 spiro atoms. The number of aromatic carboxylic acids is 1. The second kappa shape index (κ2) is 6.68. The van der Waals surface area contributed by atoms with Gasteiger partial charge in [-0.15, -0.1) is 0 Å². The maximum Gasteiger partial charge on any atom is 0.335 e. The van der Waals surface area contributed by atoms with E-state index in [1.54, 1.807) is 0 Å². The van der Waals surface area contributed by atoms with Gasteiger partial charge in [0.1, 0.15) is 0 Å². The molecular weight excluding hydrogens is 266 g/mol. The molecule has 0 fully saturated rings. The zero-order valence-corrected chi connectivity index (χ0v) is 11.9. The van der Waals surface area contributed by atoms with Crippen molar-refractivity contribution >= 4 is 16.0 Å². The summed E-state index contributed by atoms with van der Waals surface area (Å²) in [5.74, 6) is -0.852. The molecule has 1 aromatic rings. The van der Waals surface area contributed by atoms with Crippen LogP contribution in [0.3, 0.4) is 0 Å². The number of hydrogen-bond acceptors (Lipinski definition) is 3. The van der Waals surface area contributed by atoms with E-state index in [4.69, 9.17) is 5.11 Å². The Bertz CT molecular complexity index is 535. The van der Waals surface area contributed by atoms with Gasteiger partial charge < -0.3 is 5.11 Å². The second-order valence-corrected chi connectivity index (χ2v) is 6.13. The zero-order chi connectivity index (χ0) is 14.5. The summed E-state index contributed by atoms with van der Waals surface area (Å²) in [7, 11) is -3.64. The van der Waals surface area contributed by atoms with Crippen molar-refractivity contribution in [3.8, 4) is 0 Å². The molecule has 2 N–H and O–H groups in total. The zero-order valence-electron chi connectivity index (χ0n) is 11.1. The van der Waals surface area contributed by atoms with Crippen molar-refractivity contribution in [2.45, 2.75) is 31.6 Å². The molecule has 0 aliphatic rings. The van der Waals surface area contributed by atoms with Gasteiger partial charge in [-0.05, 0) is 24.1 Å². The standard InChI is InChI=1S/C13H19NO4S/c1-3-10(4-2)9-14-19(17,18)12-7-5-6-11(8-12)13(15)16/h5-8,10,14H,3-4,9H2,1-2H3,(H,15,16). The van der Waals surface area contributed by atoms with Crippen LogP contribution >= 0.6 is 0 Å². The summed E-state index contributed by atoms with van der Waals surface area (Å²) in [6, 6.07) is 5.34. The van der Waals surface area contributed by atoms with Gasteiger partial charge in [-0.2, -0.15) is 0 Å². The molecule has 106 valence electrons. The normalized spacial score (nSPS) is 11.7. The Morgan fingerprint density at radius 3 is 2.47 bits per heavy atom. The fourth-order valence-electron chi connectivity index (χ4n) is 1.68.